The molecule has 0 aromatic heterocycles. The summed E-state index contributed by atoms with van der Waals surface area (Å²) in [6, 6.07) is 0.347. The van der Waals surface area contributed by atoms with Crippen molar-refractivity contribution in [2.75, 3.05) is 13.1 Å². The normalized spacial score (nSPS) is 32.4. The number of amides is 1. The quantitative estimate of drug-likeness (QED) is 0.790. The van der Waals surface area contributed by atoms with Gasteiger partial charge in [-0.2, -0.15) is 0 Å². The second kappa shape index (κ2) is 5.38. The second-order valence-electron chi connectivity index (χ2n) is 6.15. The third kappa shape index (κ3) is 3.01. The molecule has 2 aliphatic rings. The van der Waals surface area contributed by atoms with Crippen molar-refractivity contribution in [2.45, 2.75) is 58.4 Å². The van der Waals surface area contributed by atoms with Crippen LogP contribution in [0.1, 0.15) is 52.4 Å². The summed E-state index contributed by atoms with van der Waals surface area (Å²) in [6.07, 6.45) is 7.59. The van der Waals surface area contributed by atoms with E-state index in [9.17, 15) is 4.79 Å². The van der Waals surface area contributed by atoms with Crippen LogP contribution in [0.15, 0.2) is 0 Å². The molecule has 98 valence electrons. The van der Waals surface area contributed by atoms with E-state index in [1.54, 1.807) is 0 Å². The van der Waals surface area contributed by atoms with E-state index in [2.05, 4.69) is 24.5 Å². The van der Waals surface area contributed by atoms with E-state index in [0.29, 0.717) is 12.0 Å². The minimum Gasteiger partial charge on any atom is -0.353 e. The zero-order chi connectivity index (χ0) is 12.3. The number of nitrogens with one attached hydrogen (secondary N) is 2. The van der Waals surface area contributed by atoms with Crippen LogP contribution in [-0.2, 0) is 4.79 Å². The molecule has 0 bridgehead atoms. The molecule has 1 aliphatic heterocycles. The van der Waals surface area contributed by atoms with Crippen LogP contribution >= 0.6 is 0 Å². The zero-order valence-electron chi connectivity index (χ0n) is 11.2. The van der Waals surface area contributed by atoms with E-state index in [0.717, 1.165) is 19.5 Å². The molecule has 2 fully saturated rings. The lowest BCUT2D eigenvalue weighted by Gasteiger charge is -2.31. The van der Waals surface area contributed by atoms with Crippen molar-refractivity contribution in [3.05, 3.63) is 0 Å². The lowest BCUT2D eigenvalue weighted by atomic mass is 9.83. The SMILES string of the molecule is C[C@@H](NC(=O)C1(C)CCNC1)C1CCCCC1. The third-order valence-corrected chi connectivity index (χ3v) is 4.63. The van der Waals surface area contributed by atoms with E-state index in [4.69, 9.17) is 0 Å². The van der Waals surface area contributed by atoms with Crippen LogP contribution in [0.2, 0.25) is 0 Å². The minimum absolute atomic E-state index is 0.178. The van der Waals surface area contributed by atoms with Crippen molar-refractivity contribution in [3.8, 4) is 0 Å². The fourth-order valence-electron chi connectivity index (χ4n) is 3.14. The average molecular weight is 238 g/mol. The summed E-state index contributed by atoms with van der Waals surface area (Å²) in [7, 11) is 0. The molecule has 3 nitrogen and oxygen atoms in total. The number of carbonyl (C=O) groups is 1. The fraction of sp³-hybridized carbons (Fsp3) is 0.929. The van der Waals surface area contributed by atoms with Crippen molar-refractivity contribution in [1.82, 2.24) is 10.6 Å². The van der Waals surface area contributed by atoms with Crippen molar-refractivity contribution < 1.29 is 4.79 Å². The van der Waals surface area contributed by atoms with Crippen molar-refractivity contribution in [2.24, 2.45) is 11.3 Å². The summed E-state index contributed by atoms with van der Waals surface area (Å²) >= 11 is 0. The lowest BCUT2D eigenvalue weighted by molar-refractivity contribution is -0.130. The number of carbonyl (C=O) groups excluding carboxylic acids is 1. The molecule has 0 aromatic rings. The Morgan fingerprint density at radius 2 is 2.06 bits per heavy atom. The average Bonchev–Trinajstić information content (AvgIpc) is 2.78. The van der Waals surface area contributed by atoms with Crippen LogP contribution in [0.3, 0.4) is 0 Å². The van der Waals surface area contributed by atoms with Crippen LogP contribution in [0.5, 0.6) is 0 Å². The van der Waals surface area contributed by atoms with Gasteiger partial charge in [0.15, 0.2) is 0 Å². The van der Waals surface area contributed by atoms with Crippen molar-refractivity contribution in [3.63, 3.8) is 0 Å². The molecule has 0 radical (unpaired) electrons. The maximum atomic E-state index is 12.3. The monoisotopic (exact) mass is 238 g/mol. The number of rotatable bonds is 3. The molecule has 0 spiro atoms. The first-order valence-corrected chi connectivity index (χ1v) is 7.13. The number of hydrogen-bond acceptors (Lipinski definition) is 2. The molecule has 2 atom stereocenters. The Balaban J connectivity index is 1.84. The predicted octanol–water partition coefficient (Wildman–Crippen LogP) is 2.07. The first-order chi connectivity index (χ1) is 8.12. The zero-order valence-corrected chi connectivity index (χ0v) is 11.2. The molecule has 1 amide bonds. The summed E-state index contributed by atoms with van der Waals surface area (Å²) in [4.78, 5) is 12.3. The van der Waals surface area contributed by atoms with Gasteiger partial charge in [0, 0.05) is 12.6 Å². The Bertz CT molecular complexity index is 265. The highest BCUT2D eigenvalue weighted by atomic mass is 16.2. The van der Waals surface area contributed by atoms with Crippen molar-refractivity contribution >= 4 is 5.91 Å². The van der Waals surface area contributed by atoms with Gasteiger partial charge >= 0.3 is 0 Å². The standard InChI is InChI=1S/C14H26N2O/c1-11(12-6-4-3-5-7-12)16-13(17)14(2)8-9-15-10-14/h11-12,15H,3-10H2,1-2H3,(H,16,17)/t11-,14?/m1/s1. The maximum absolute atomic E-state index is 12.3. The minimum atomic E-state index is -0.178. The van der Waals surface area contributed by atoms with Gasteiger partial charge in [0.1, 0.15) is 0 Å². The molecule has 3 heteroatoms. The molecular weight excluding hydrogens is 212 g/mol. The first kappa shape index (κ1) is 12.9. The van der Waals surface area contributed by atoms with E-state index in [1.165, 1.54) is 32.1 Å². The van der Waals surface area contributed by atoms with E-state index in [1.807, 2.05) is 0 Å². The van der Waals surface area contributed by atoms with E-state index in [-0.39, 0.29) is 11.3 Å². The van der Waals surface area contributed by atoms with Gasteiger partial charge in [-0.25, -0.2) is 0 Å². The van der Waals surface area contributed by atoms with Crippen LogP contribution < -0.4 is 10.6 Å². The summed E-state index contributed by atoms with van der Waals surface area (Å²) in [5.74, 6) is 0.950. The maximum Gasteiger partial charge on any atom is 0.227 e. The van der Waals surface area contributed by atoms with Crippen LogP contribution in [-0.4, -0.2) is 25.0 Å². The molecule has 1 aliphatic carbocycles. The Morgan fingerprint density at radius 3 is 2.65 bits per heavy atom. The van der Waals surface area contributed by atoms with Gasteiger partial charge in [-0.3, -0.25) is 4.79 Å². The van der Waals surface area contributed by atoms with Gasteiger partial charge in [0.25, 0.3) is 0 Å². The highest BCUT2D eigenvalue weighted by Crippen LogP contribution is 2.28. The van der Waals surface area contributed by atoms with Gasteiger partial charge in [-0.05, 0) is 45.6 Å². The van der Waals surface area contributed by atoms with Gasteiger partial charge in [-0.15, -0.1) is 0 Å². The molecule has 1 heterocycles. The third-order valence-electron chi connectivity index (χ3n) is 4.63. The fourth-order valence-corrected chi connectivity index (χ4v) is 3.14. The topological polar surface area (TPSA) is 41.1 Å². The van der Waals surface area contributed by atoms with Crippen LogP contribution in [0.25, 0.3) is 0 Å². The van der Waals surface area contributed by atoms with Gasteiger partial charge in [0.2, 0.25) is 5.91 Å². The Kier molecular flexibility index (Phi) is 4.08. The molecule has 1 unspecified atom stereocenters. The Hall–Kier alpha value is -0.570. The smallest absolute Gasteiger partial charge is 0.227 e. The molecule has 1 saturated heterocycles. The van der Waals surface area contributed by atoms with E-state index >= 15 is 0 Å². The first-order valence-electron chi connectivity index (χ1n) is 7.13. The molecule has 2 rings (SSSR count). The van der Waals surface area contributed by atoms with Crippen LogP contribution in [0, 0.1) is 11.3 Å². The molecule has 2 N–H and O–H groups in total. The van der Waals surface area contributed by atoms with Gasteiger partial charge < -0.3 is 10.6 Å². The number of hydrogen-bond donors (Lipinski definition) is 2. The second-order valence-corrected chi connectivity index (χ2v) is 6.15. The van der Waals surface area contributed by atoms with E-state index < -0.39 is 0 Å². The van der Waals surface area contributed by atoms with Crippen LogP contribution in [0.4, 0.5) is 0 Å². The molecular formula is C14H26N2O. The Morgan fingerprint density at radius 1 is 1.35 bits per heavy atom. The molecule has 0 aromatic carbocycles. The largest absolute Gasteiger partial charge is 0.353 e. The highest BCUT2D eigenvalue weighted by molar-refractivity contribution is 5.83. The summed E-state index contributed by atoms with van der Waals surface area (Å²) in [5, 5.41) is 6.54. The molecule has 1 saturated carbocycles. The summed E-state index contributed by atoms with van der Waals surface area (Å²) in [5.41, 5.74) is -0.178. The van der Waals surface area contributed by atoms with Crippen molar-refractivity contribution in [1.29, 1.82) is 0 Å². The van der Waals surface area contributed by atoms with Gasteiger partial charge in [0.05, 0.1) is 5.41 Å². The lowest BCUT2D eigenvalue weighted by Crippen LogP contribution is -2.47. The predicted molar refractivity (Wildman–Crippen MR) is 69.8 cm³/mol. The highest BCUT2D eigenvalue weighted by Gasteiger charge is 2.37. The summed E-state index contributed by atoms with van der Waals surface area (Å²) in [6.45, 7) is 6.06. The van der Waals surface area contributed by atoms with Gasteiger partial charge in [-0.1, -0.05) is 19.3 Å². The Labute approximate surface area is 105 Å². The molecule has 17 heavy (non-hydrogen) atoms. The summed E-state index contributed by atoms with van der Waals surface area (Å²) < 4.78 is 0.